The van der Waals surface area contributed by atoms with E-state index in [-0.39, 0.29) is 29.6 Å². The second kappa shape index (κ2) is 6.87. The van der Waals surface area contributed by atoms with E-state index in [2.05, 4.69) is 5.32 Å². The van der Waals surface area contributed by atoms with E-state index < -0.39 is 0 Å². The second-order valence-electron chi connectivity index (χ2n) is 6.29. The molecule has 1 aliphatic heterocycles. The lowest BCUT2D eigenvalue weighted by molar-refractivity contribution is -0.140. The molecular formula is C16H24N2O3. The number of nitrogens with one attached hydrogen (secondary N) is 1. The summed E-state index contributed by atoms with van der Waals surface area (Å²) in [5, 5.41) is 2.84. The molecule has 5 heteroatoms. The van der Waals surface area contributed by atoms with Gasteiger partial charge in [-0.25, -0.2) is 0 Å². The van der Waals surface area contributed by atoms with Crippen LogP contribution in [-0.2, 0) is 14.4 Å². The molecule has 1 saturated heterocycles. The maximum atomic E-state index is 12.2. The highest BCUT2D eigenvalue weighted by molar-refractivity contribution is 6.05. The fourth-order valence-electron chi connectivity index (χ4n) is 2.89. The fraction of sp³-hybridized carbons (Fsp3) is 0.688. The van der Waals surface area contributed by atoms with Gasteiger partial charge in [0.15, 0.2) is 0 Å². The normalized spacial score (nSPS) is 24.6. The van der Waals surface area contributed by atoms with Crippen LogP contribution in [0.3, 0.4) is 0 Å². The molecule has 0 spiro atoms. The van der Waals surface area contributed by atoms with Crippen LogP contribution in [0.4, 0.5) is 0 Å². The van der Waals surface area contributed by atoms with Crippen molar-refractivity contribution in [2.45, 2.75) is 39.5 Å². The van der Waals surface area contributed by atoms with Gasteiger partial charge >= 0.3 is 0 Å². The second-order valence-corrected chi connectivity index (χ2v) is 6.29. The topological polar surface area (TPSA) is 66.5 Å². The first-order valence-corrected chi connectivity index (χ1v) is 7.77. The summed E-state index contributed by atoms with van der Waals surface area (Å²) < 4.78 is 0. The van der Waals surface area contributed by atoms with Crippen LogP contribution in [0.25, 0.3) is 0 Å². The highest BCUT2D eigenvalue weighted by Crippen LogP contribution is 2.35. The molecule has 3 amide bonds. The van der Waals surface area contributed by atoms with Gasteiger partial charge in [0.25, 0.3) is 0 Å². The zero-order valence-electron chi connectivity index (χ0n) is 12.8. The number of amides is 3. The molecule has 0 saturated carbocycles. The molecule has 0 aromatic carbocycles. The first-order chi connectivity index (χ1) is 10.0. The molecule has 1 N–H and O–H groups in total. The highest BCUT2D eigenvalue weighted by Gasteiger charge is 2.46. The van der Waals surface area contributed by atoms with Crippen LogP contribution < -0.4 is 5.32 Å². The summed E-state index contributed by atoms with van der Waals surface area (Å²) >= 11 is 0. The van der Waals surface area contributed by atoms with Gasteiger partial charge in [0.2, 0.25) is 17.7 Å². The zero-order chi connectivity index (χ0) is 15.4. The van der Waals surface area contributed by atoms with Crippen LogP contribution in [0.15, 0.2) is 12.2 Å². The Balaban J connectivity index is 1.77. The standard InChI is InChI=1S/C16H24N2O3/c1-11(2)10-17-14(19)8-5-9-18-15(20)12-6-3-4-7-13(12)16(18)21/h3-4,11-13H,5-10H2,1-2H3,(H,17,19)/t12-,13-/m1/s1. The SMILES string of the molecule is CC(C)CNC(=O)CCCN1C(=O)[C@@H]2CC=CC[C@H]2C1=O. The third-order valence-corrected chi connectivity index (χ3v) is 4.09. The van der Waals surface area contributed by atoms with E-state index in [4.69, 9.17) is 0 Å². The van der Waals surface area contributed by atoms with Crippen LogP contribution in [0, 0.1) is 17.8 Å². The first kappa shape index (κ1) is 15.7. The zero-order valence-corrected chi connectivity index (χ0v) is 12.8. The third kappa shape index (κ3) is 3.71. The Kier molecular flexibility index (Phi) is 5.15. The van der Waals surface area contributed by atoms with Gasteiger partial charge in [-0.05, 0) is 25.2 Å². The number of carbonyl (C=O) groups excluding carboxylic acids is 3. The quantitative estimate of drug-likeness (QED) is 0.596. The summed E-state index contributed by atoms with van der Waals surface area (Å²) in [5.74, 6) is -0.0448. The van der Waals surface area contributed by atoms with Crippen LogP contribution in [0.1, 0.15) is 39.5 Å². The number of carbonyl (C=O) groups is 3. The summed E-state index contributed by atoms with van der Waals surface area (Å²) in [4.78, 5) is 37.4. The van der Waals surface area contributed by atoms with Crippen molar-refractivity contribution >= 4 is 17.7 Å². The molecule has 21 heavy (non-hydrogen) atoms. The smallest absolute Gasteiger partial charge is 0.233 e. The van der Waals surface area contributed by atoms with E-state index in [9.17, 15) is 14.4 Å². The van der Waals surface area contributed by atoms with Gasteiger partial charge in [0.1, 0.15) is 0 Å². The summed E-state index contributed by atoms with van der Waals surface area (Å²) in [7, 11) is 0. The molecule has 5 nitrogen and oxygen atoms in total. The number of nitrogens with zero attached hydrogens (tertiary/aromatic N) is 1. The molecule has 1 fully saturated rings. The average molecular weight is 292 g/mol. The van der Waals surface area contributed by atoms with Crippen molar-refractivity contribution < 1.29 is 14.4 Å². The van der Waals surface area contributed by atoms with Gasteiger partial charge in [-0.3, -0.25) is 19.3 Å². The van der Waals surface area contributed by atoms with Crippen LogP contribution in [0.2, 0.25) is 0 Å². The van der Waals surface area contributed by atoms with Gasteiger partial charge < -0.3 is 5.32 Å². The molecule has 116 valence electrons. The predicted molar refractivity (Wildman–Crippen MR) is 79.2 cm³/mol. The predicted octanol–water partition coefficient (Wildman–Crippen LogP) is 1.49. The lowest BCUT2D eigenvalue weighted by atomic mass is 9.85. The Morgan fingerprint density at radius 3 is 2.33 bits per heavy atom. The van der Waals surface area contributed by atoms with Gasteiger partial charge in [-0.1, -0.05) is 26.0 Å². The molecule has 0 radical (unpaired) electrons. The number of fused-ring (bicyclic) bond motifs is 1. The summed E-state index contributed by atoms with van der Waals surface area (Å²) in [6.07, 6.45) is 6.19. The Bertz CT molecular complexity index is 430. The van der Waals surface area contributed by atoms with Crippen molar-refractivity contribution in [1.82, 2.24) is 10.2 Å². The maximum Gasteiger partial charge on any atom is 0.233 e. The Morgan fingerprint density at radius 2 is 1.81 bits per heavy atom. The number of hydrogen-bond donors (Lipinski definition) is 1. The Morgan fingerprint density at radius 1 is 1.24 bits per heavy atom. The molecule has 1 aliphatic carbocycles. The van der Waals surface area contributed by atoms with Crippen LogP contribution in [-0.4, -0.2) is 35.7 Å². The van der Waals surface area contributed by atoms with Crippen molar-refractivity contribution in [3.8, 4) is 0 Å². The largest absolute Gasteiger partial charge is 0.356 e. The molecule has 1 heterocycles. The lowest BCUT2D eigenvalue weighted by Crippen LogP contribution is -2.33. The molecule has 0 aromatic rings. The number of hydrogen-bond acceptors (Lipinski definition) is 3. The molecule has 2 atom stereocenters. The van der Waals surface area contributed by atoms with E-state index >= 15 is 0 Å². The minimum atomic E-state index is -0.169. The number of likely N-dealkylation sites (tertiary alicyclic amines) is 1. The third-order valence-electron chi connectivity index (χ3n) is 4.09. The van der Waals surface area contributed by atoms with Crippen LogP contribution >= 0.6 is 0 Å². The van der Waals surface area contributed by atoms with E-state index in [1.165, 1.54) is 4.90 Å². The van der Waals surface area contributed by atoms with Gasteiger partial charge in [-0.15, -0.1) is 0 Å². The average Bonchev–Trinajstić information content (AvgIpc) is 2.70. The van der Waals surface area contributed by atoms with E-state index in [0.717, 1.165) is 0 Å². The van der Waals surface area contributed by atoms with Crippen molar-refractivity contribution in [3.63, 3.8) is 0 Å². The minimum Gasteiger partial charge on any atom is -0.356 e. The van der Waals surface area contributed by atoms with Crippen LogP contribution in [0.5, 0.6) is 0 Å². The minimum absolute atomic E-state index is 0.0122. The lowest BCUT2D eigenvalue weighted by Gasteiger charge is -2.14. The van der Waals surface area contributed by atoms with Crippen molar-refractivity contribution in [2.75, 3.05) is 13.1 Å². The molecule has 2 rings (SSSR count). The summed E-state index contributed by atoms with van der Waals surface area (Å²) in [6.45, 7) is 5.10. The Hall–Kier alpha value is -1.65. The van der Waals surface area contributed by atoms with Crippen molar-refractivity contribution in [3.05, 3.63) is 12.2 Å². The molecule has 0 unspecified atom stereocenters. The molecular weight excluding hydrogens is 268 g/mol. The maximum absolute atomic E-state index is 12.2. The molecule has 0 aromatic heterocycles. The monoisotopic (exact) mass is 292 g/mol. The summed E-state index contributed by atoms with van der Waals surface area (Å²) in [6, 6.07) is 0. The molecule has 0 bridgehead atoms. The van der Waals surface area contributed by atoms with Crippen molar-refractivity contribution in [1.29, 1.82) is 0 Å². The number of rotatable bonds is 6. The van der Waals surface area contributed by atoms with E-state index in [0.29, 0.717) is 44.7 Å². The fourth-order valence-corrected chi connectivity index (χ4v) is 2.89. The van der Waals surface area contributed by atoms with E-state index in [1.807, 2.05) is 26.0 Å². The van der Waals surface area contributed by atoms with Gasteiger partial charge in [0, 0.05) is 19.5 Å². The Labute approximate surface area is 125 Å². The van der Waals surface area contributed by atoms with Gasteiger partial charge in [0.05, 0.1) is 11.8 Å². The van der Waals surface area contributed by atoms with Gasteiger partial charge in [-0.2, -0.15) is 0 Å². The van der Waals surface area contributed by atoms with Crippen molar-refractivity contribution in [2.24, 2.45) is 17.8 Å². The molecule has 2 aliphatic rings. The highest BCUT2D eigenvalue weighted by atomic mass is 16.2. The number of imide groups is 1. The summed E-state index contributed by atoms with van der Waals surface area (Å²) in [5.41, 5.74) is 0. The first-order valence-electron chi connectivity index (χ1n) is 7.77. The number of allylic oxidation sites excluding steroid dienone is 2. The van der Waals surface area contributed by atoms with E-state index in [1.54, 1.807) is 0 Å².